The van der Waals surface area contributed by atoms with Gasteiger partial charge in [-0.25, -0.2) is 4.39 Å². The maximum Gasteiger partial charge on any atom is 0.224 e. The fourth-order valence-electron chi connectivity index (χ4n) is 1.34. The SMILES string of the molecule is CC(N)CCNC(=O)Cc1ccc(F)c(Br)c1.Cl. The Hall–Kier alpha value is -0.650. The first kappa shape index (κ1) is 17.4. The molecule has 0 aliphatic rings. The molecule has 0 spiro atoms. The molecule has 1 atom stereocenters. The second-order valence-electron chi connectivity index (χ2n) is 4.04. The van der Waals surface area contributed by atoms with Crippen LogP contribution in [0.15, 0.2) is 22.7 Å². The molecule has 6 heteroatoms. The highest BCUT2D eigenvalue weighted by Gasteiger charge is 2.06. The number of rotatable bonds is 5. The van der Waals surface area contributed by atoms with Crippen LogP contribution in [0.4, 0.5) is 4.39 Å². The predicted octanol–water partition coefficient (Wildman–Crippen LogP) is 2.41. The van der Waals surface area contributed by atoms with Crippen molar-refractivity contribution in [3.8, 4) is 0 Å². The van der Waals surface area contributed by atoms with Crippen molar-refractivity contribution in [2.75, 3.05) is 6.54 Å². The third kappa shape index (κ3) is 6.33. The molecule has 1 amide bonds. The minimum Gasteiger partial charge on any atom is -0.356 e. The Balaban J connectivity index is 0.00000289. The molecule has 0 saturated heterocycles. The smallest absolute Gasteiger partial charge is 0.224 e. The summed E-state index contributed by atoms with van der Waals surface area (Å²) < 4.78 is 13.3. The van der Waals surface area contributed by atoms with E-state index in [1.165, 1.54) is 6.07 Å². The molecule has 1 rings (SSSR count). The van der Waals surface area contributed by atoms with Crippen molar-refractivity contribution >= 4 is 34.2 Å². The van der Waals surface area contributed by atoms with Crippen LogP contribution in [-0.4, -0.2) is 18.5 Å². The zero-order chi connectivity index (χ0) is 12.8. The van der Waals surface area contributed by atoms with Gasteiger partial charge in [-0.2, -0.15) is 0 Å². The second kappa shape index (κ2) is 8.45. The highest BCUT2D eigenvalue weighted by atomic mass is 79.9. The molecule has 3 nitrogen and oxygen atoms in total. The highest BCUT2D eigenvalue weighted by Crippen LogP contribution is 2.17. The number of carbonyl (C=O) groups is 1. The van der Waals surface area contributed by atoms with Gasteiger partial charge >= 0.3 is 0 Å². The average molecular weight is 340 g/mol. The van der Waals surface area contributed by atoms with E-state index in [4.69, 9.17) is 5.73 Å². The maximum absolute atomic E-state index is 13.0. The quantitative estimate of drug-likeness (QED) is 0.865. The summed E-state index contributed by atoms with van der Waals surface area (Å²) in [4.78, 5) is 11.5. The van der Waals surface area contributed by atoms with Gasteiger partial charge in [0, 0.05) is 12.6 Å². The fraction of sp³-hybridized carbons (Fsp3) is 0.417. The summed E-state index contributed by atoms with van der Waals surface area (Å²) in [6.45, 7) is 2.46. The van der Waals surface area contributed by atoms with Gasteiger partial charge in [-0.3, -0.25) is 4.79 Å². The summed E-state index contributed by atoms with van der Waals surface area (Å²) in [7, 11) is 0. The van der Waals surface area contributed by atoms with Crippen LogP contribution in [0, 0.1) is 5.82 Å². The molecule has 0 heterocycles. The van der Waals surface area contributed by atoms with Crippen molar-refractivity contribution < 1.29 is 9.18 Å². The van der Waals surface area contributed by atoms with Crippen LogP contribution in [-0.2, 0) is 11.2 Å². The summed E-state index contributed by atoms with van der Waals surface area (Å²) in [5, 5.41) is 2.77. The molecule has 18 heavy (non-hydrogen) atoms. The topological polar surface area (TPSA) is 55.1 Å². The van der Waals surface area contributed by atoms with Gasteiger partial charge in [0.15, 0.2) is 0 Å². The molecule has 0 bridgehead atoms. The number of hydrogen-bond donors (Lipinski definition) is 2. The predicted molar refractivity (Wildman–Crippen MR) is 76.3 cm³/mol. The highest BCUT2D eigenvalue weighted by molar-refractivity contribution is 9.10. The summed E-state index contributed by atoms with van der Waals surface area (Å²) >= 11 is 3.08. The third-order valence-corrected chi connectivity index (χ3v) is 2.88. The number of benzene rings is 1. The van der Waals surface area contributed by atoms with Crippen molar-refractivity contribution in [3.05, 3.63) is 34.1 Å². The Morgan fingerprint density at radius 3 is 2.78 bits per heavy atom. The minimum atomic E-state index is -0.328. The zero-order valence-electron chi connectivity index (χ0n) is 10.1. The lowest BCUT2D eigenvalue weighted by Crippen LogP contribution is -2.30. The van der Waals surface area contributed by atoms with E-state index in [1.807, 2.05) is 6.92 Å². The van der Waals surface area contributed by atoms with E-state index in [-0.39, 0.29) is 36.6 Å². The van der Waals surface area contributed by atoms with E-state index in [0.717, 1.165) is 12.0 Å². The van der Waals surface area contributed by atoms with Gasteiger partial charge in [0.25, 0.3) is 0 Å². The van der Waals surface area contributed by atoms with Crippen LogP contribution in [0.1, 0.15) is 18.9 Å². The molecule has 1 aromatic rings. The molecule has 3 N–H and O–H groups in total. The van der Waals surface area contributed by atoms with E-state index in [0.29, 0.717) is 11.0 Å². The average Bonchev–Trinajstić information content (AvgIpc) is 2.23. The Kier molecular flexibility index (Phi) is 8.15. The number of halogens is 3. The lowest BCUT2D eigenvalue weighted by molar-refractivity contribution is -0.120. The number of nitrogens with one attached hydrogen (secondary N) is 1. The second-order valence-corrected chi connectivity index (χ2v) is 4.90. The van der Waals surface area contributed by atoms with Gasteiger partial charge in [-0.05, 0) is 47.0 Å². The minimum absolute atomic E-state index is 0. The summed E-state index contributed by atoms with van der Waals surface area (Å²) in [6, 6.07) is 4.63. The third-order valence-electron chi connectivity index (χ3n) is 2.27. The normalized spacial score (nSPS) is 11.6. The molecule has 0 fully saturated rings. The summed E-state index contributed by atoms with van der Waals surface area (Å²) in [6.07, 6.45) is 0.997. The van der Waals surface area contributed by atoms with Crippen molar-refractivity contribution in [1.29, 1.82) is 0 Å². The van der Waals surface area contributed by atoms with Crippen molar-refractivity contribution in [3.63, 3.8) is 0 Å². The first-order valence-electron chi connectivity index (χ1n) is 5.45. The summed E-state index contributed by atoms with van der Waals surface area (Å²) in [5.41, 5.74) is 6.34. The Morgan fingerprint density at radius 2 is 2.22 bits per heavy atom. The molecule has 1 unspecified atom stereocenters. The molecule has 0 aromatic heterocycles. The number of amides is 1. The molecule has 102 valence electrons. The van der Waals surface area contributed by atoms with Crippen molar-refractivity contribution in [2.24, 2.45) is 5.73 Å². The van der Waals surface area contributed by atoms with Crippen LogP contribution in [0.2, 0.25) is 0 Å². The molecular weight excluding hydrogens is 322 g/mol. The molecule has 1 aromatic carbocycles. The van der Waals surface area contributed by atoms with Crippen LogP contribution in [0.5, 0.6) is 0 Å². The Morgan fingerprint density at radius 1 is 1.56 bits per heavy atom. The van der Waals surface area contributed by atoms with E-state index in [9.17, 15) is 9.18 Å². The monoisotopic (exact) mass is 338 g/mol. The number of hydrogen-bond acceptors (Lipinski definition) is 2. The van der Waals surface area contributed by atoms with Crippen molar-refractivity contribution in [2.45, 2.75) is 25.8 Å². The van der Waals surface area contributed by atoms with E-state index in [1.54, 1.807) is 12.1 Å². The Labute approximate surface area is 121 Å². The maximum atomic E-state index is 13.0. The van der Waals surface area contributed by atoms with E-state index in [2.05, 4.69) is 21.2 Å². The zero-order valence-corrected chi connectivity index (χ0v) is 12.5. The van der Waals surface area contributed by atoms with E-state index < -0.39 is 0 Å². The lowest BCUT2D eigenvalue weighted by atomic mass is 10.1. The Bertz CT molecular complexity index is 402. The van der Waals surface area contributed by atoms with Crippen LogP contribution in [0.3, 0.4) is 0 Å². The molecule has 0 saturated carbocycles. The van der Waals surface area contributed by atoms with Crippen molar-refractivity contribution in [1.82, 2.24) is 5.32 Å². The first-order valence-corrected chi connectivity index (χ1v) is 6.24. The van der Waals surface area contributed by atoms with Gasteiger partial charge in [-0.1, -0.05) is 6.07 Å². The first-order chi connectivity index (χ1) is 7.99. The molecule has 0 aliphatic heterocycles. The van der Waals surface area contributed by atoms with Gasteiger partial charge in [0.1, 0.15) is 5.82 Å². The summed E-state index contributed by atoms with van der Waals surface area (Å²) in [5.74, 6) is -0.407. The van der Waals surface area contributed by atoms with Crippen LogP contribution >= 0.6 is 28.3 Å². The van der Waals surface area contributed by atoms with Gasteiger partial charge in [0.2, 0.25) is 5.91 Å². The van der Waals surface area contributed by atoms with E-state index >= 15 is 0 Å². The lowest BCUT2D eigenvalue weighted by Gasteiger charge is -2.07. The fourth-order valence-corrected chi connectivity index (χ4v) is 1.76. The number of nitrogens with two attached hydrogens (primary N) is 1. The number of carbonyl (C=O) groups excluding carboxylic acids is 1. The molecule has 0 aliphatic carbocycles. The van der Waals surface area contributed by atoms with Crippen LogP contribution in [0.25, 0.3) is 0 Å². The molecule has 0 radical (unpaired) electrons. The van der Waals surface area contributed by atoms with Gasteiger partial charge in [-0.15, -0.1) is 12.4 Å². The standard InChI is InChI=1S/C12H16BrFN2O.ClH/c1-8(15)4-5-16-12(17)7-9-2-3-11(14)10(13)6-9;/h2-3,6,8H,4-5,7,15H2,1H3,(H,16,17);1H. The molecular formula is C12H17BrClFN2O. The van der Waals surface area contributed by atoms with Crippen LogP contribution < -0.4 is 11.1 Å². The largest absolute Gasteiger partial charge is 0.356 e. The van der Waals surface area contributed by atoms with Gasteiger partial charge in [0.05, 0.1) is 10.9 Å². The van der Waals surface area contributed by atoms with Gasteiger partial charge < -0.3 is 11.1 Å².